The predicted molar refractivity (Wildman–Crippen MR) is 93.6 cm³/mol. The van der Waals surface area contributed by atoms with E-state index in [1.807, 2.05) is 18.2 Å². The molecule has 2 N–H and O–H groups in total. The van der Waals surface area contributed by atoms with Crippen LogP contribution < -0.4 is 24.8 Å². The highest BCUT2D eigenvalue weighted by atomic mass is 16.6. The average Bonchev–Trinajstić information content (AvgIpc) is 2.66. The minimum Gasteiger partial charge on any atom is -0.493 e. The summed E-state index contributed by atoms with van der Waals surface area (Å²) in [7, 11) is 0. The number of hydrogen-bond acceptors (Lipinski definition) is 4. The maximum atomic E-state index is 12.1. The summed E-state index contributed by atoms with van der Waals surface area (Å²) >= 11 is 0. The summed E-state index contributed by atoms with van der Waals surface area (Å²) in [4.78, 5) is 12.1. The summed E-state index contributed by atoms with van der Waals surface area (Å²) < 4.78 is 16.7. The number of nitrogens with one attached hydrogen (secondary N) is 2. The molecule has 6 heteroatoms. The number of fused-ring (bicyclic) bond motifs is 2. The molecule has 0 bridgehead atoms. The molecule has 1 unspecified atom stereocenters. The van der Waals surface area contributed by atoms with Crippen LogP contribution in [-0.4, -0.2) is 32.4 Å². The van der Waals surface area contributed by atoms with Crippen LogP contribution in [0.4, 0.5) is 10.5 Å². The highest BCUT2D eigenvalue weighted by Crippen LogP contribution is 2.32. The average molecular weight is 340 g/mol. The van der Waals surface area contributed by atoms with E-state index in [9.17, 15) is 4.79 Å². The molecule has 0 fully saturated rings. The van der Waals surface area contributed by atoms with Crippen LogP contribution in [0, 0.1) is 5.92 Å². The molecule has 2 amide bonds. The molecule has 2 aliphatic rings. The van der Waals surface area contributed by atoms with Gasteiger partial charge in [0.15, 0.2) is 11.5 Å². The van der Waals surface area contributed by atoms with Crippen molar-refractivity contribution in [1.82, 2.24) is 5.32 Å². The minimum atomic E-state index is -0.240. The fourth-order valence-corrected chi connectivity index (χ4v) is 3.06. The predicted octanol–water partition coefficient (Wildman–Crippen LogP) is 2.83. The first-order valence-corrected chi connectivity index (χ1v) is 8.43. The Morgan fingerprint density at radius 3 is 2.76 bits per heavy atom. The molecule has 25 heavy (non-hydrogen) atoms. The van der Waals surface area contributed by atoms with Crippen molar-refractivity contribution in [1.29, 1.82) is 0 Å². The Balaban J connectivity index is 1.30. The topological polar surface area (TPSA) is 68.8 Å². The van der Waals surface area contributed by atoms with Gasteiger partial charge in [0, 0.05) is 24.2 Å². The molecular formula is C19H20N2O4. The maximum absolute atomic E-state index is 12.1. The summed E-state index contributed by atoms with van der Waals surface area (Å²) in [6, 6.07) is 13.2. The van der Waals surface area contributed by atoms with Gasteiger partial charge in [-0.15, -0.1) is 0 Å². The molecule has 1 atom stereocenters. The van der Waals surface area contributed by atoms with Gasteiger partial charge in [0.2, 0.25) is 0 Å². The molecule has 0 radical (unpaired) electrons. The number of urea groups is 1. The first-order chi connectivity index (χ1) is 12.3. The van der Waals surface area contributed by atoms with Crippen molar-refractivity contribution in [2.75, 3.05) is 31.7 Å². The minimum absolute atomic E-state index is 0.240. The molecule has 0 saturated carbocycles. The molecule has 2 aromatic rings. The second-order valence-electron chi connectivity index (χ2n) is 6.18. The zero-order valence-electron chi connectivity index (χ0n) is 13.8. The third kappa shape index (κ3) is 3.63. The molecule has 0 aromatic heterocycles. The summed E-state index contributed by atoms with van der Waals surface area (Å²) in [6.45, 7) is 2.24. The van der Waals surface area contributed by atoms with Crippen molar-refractivity contribution in [3.63, 3.8) is 0 Å². The number of carbonyl (C=O) groups is 1. The van der Waals surface area contributed by atoms with E-state index in [1.165, 1.54) is 5.56 Å². The van der Waals surface area contributed by atoms with E-state index < -0.39 is 0 Å². The van der Waals surface area contributed by atoms with Crippen molar-refractivity contribution in [3.8, 4) is 17.2 Å². The van der Waals surface area contributed by atoms with E-state index in [0.29, 0.717) is 43.6 Å². The van der Waals surface area contributed by atoms with Crippen LogP contribution in [0.2, 0.25) is 0 Å². The number of rotatable bonds is 3. The summed E-state index contributed by atoms with van der Waals surface area (Å²) in [5.74, 6) is 2.57. The number of carbonyl (C=O) groups excluding carboxylic acids is 1. The van der Waals surface area contributed by atoms with Crippen LogP contribution in [0.1, 0.15) is 5.56 Å². The Bertz CT molecular complexity index is 778. The summed E-state index contributed by atoms with van der Waals surface area (Å²) in [5.41, 5.74) is 1.86. The van der Waals surface area contributed by atoms with Gasteiger partial charge in [-0.1, -0.05) is 18.2 Å². The molecule has 6 nitrogen and oxygen atoms in total. The van der Waals surface area contributed by atoms with Gasteiger partial charge < -0.3 is 24.8 Å². The highest BCUT2D eigenvalue weighted by molar-refractivity contribution is 5.89. The smallest absolute Gasteiger partial charge is 0.319 e. The van der Waals surface area contributed by atoms with Gasteiger partial charge in [-0.25, -0.2) is 4.79 Å². The SMILES string of the molecule is O=C(NCC1COc2ccccc2C1)Nc1ccc2c(c1)OCCO2. The lowest BCUT2D eigenvalue weighted by molar-refractivity contribution is 0.171. The monoisotopic (exact) mass is 340 g/mol. The quantitative estimate of drug-likeness (QED) is 0.901. The van der Waals surface area contributed by atoms with E-state index in [2.05, 4.69) is 16.7 Å². The first-order valence-electron chi connectivity index (χ1n) is 8.43. The third-order valence-corrected chi connectivity index (χ3v) is 4.31. The number of para-hydroxylation sites is 1. The van der Waals surface area contributed by atoms with E-state index >= 15 is 0 Å². The Morgan fingerprint density at radius 2 is 1.84 bits per heavy atom. The van der Waals surface area contributed by atoms with Gasteiger partial charge in [-0.05, 0) is 30.2 Å². The zero-order valence-corrected chi connectivity index (χ0v) is 13.8. The fourth-order valence-electron chi connectivity index (χ4n) is 3.06. The normalized spacial score (nSPS) is 17.8. The van der Waals surface area contributed by atoms with Crippen molar-refractivity contribution in [2.45, 2.75) is 6.42 Å². The van der Waals surface area contributed by atoms with Crippen molar-refractivity contribution in [2.24, 2.45) is 5.92 Å². The van der Waals surface area contributed by atoms with Gasteiger partial charge in [0.05, 0.1) is 6.61 Å². The molecule has 0 aliphatic carbocycles. The van der Waals surface area contributed by atoms with Crippen LogP contribution in [0.3, 0.4) is 0 Å². The fraction of sp³-hybridized carbons (Fsp3) is 0.316. The van der Waals surface area contributed by atoms with Gasteiger partial charge in [0.25, 0.3) is 0 Å². The maximum Gasteiger partial charge on any atom is 0.319 e. The third-order valence-electron chi connectivity index (χ3n) is 4.31. The summed E-state index contributed by atoms with van der Waals surface area (Å²) in [5, 5.41) is 5.73. The van der Waals surface area contributed by atoms with Crippen molar-refractivity contribution < 1.29 is 19.0 Å². The Morgan fingerprint density at radius 1 is 1.00 bits per heavy atom. The van der Waals surface area contributed by atoms with Crippen LogP contribution in [0.5, 0.6) is 17.2 Å². The molecule has 2 heterocycles. The largest absolute Gasteiger partial charge is 0.493 e. The number of benzene rings is 2. The van der Waals surface area contributed by atoms with Crippen molar-refractivity contribution >= 4 is 11.7 Å². The Hall–Kier alpha value is -2.89. The van der Waals surface area contributed by atoms with Crippen LogP contribution in [0.25, 0.3) is 0 Å². The lowest BCUT2D eigenvalue weighted by atomic mass is 9.97. The van der Waals surface area contributed by atoms with Gasteiger partial charge >= 0.3 is 6.03 Å². The van der Waals surface area contributed by atoms with Crippen molar-refractivity contribution in [3.05, 3.63) is 48.0 Å². The molecule has 4 rings (SSSR count). The molecule has 2 aromatic carbocycles. The van der Waals surface area contributed by atoms with Crippen LogP contribution in [-0.2, 0) is 6.42 Å². The van der Waals surface area contributed by atoms with E-state index in [-0.39, 0.29) is 11.9 Å². The Labute approximate surface area is 146 Å². The molecule has 0 spiro atoms. The second kappa shape index (κ2) is 6.93. The van der Waals surface area contributed by atoms with E-state index in [0.717, 1.165) is 12.2 Å². The van der Waals surface area contributed by atoms with Crippen LogP contribution >= 0.6 is 0 Å². The van der Waals surface area contributed by atoms with Gasteiger partial charge in [-0.3, -0.25) is 0 Å². The lowest BCUT2D eigenvalue weighted by Crippen LogP contribution is -2.37. The van der Waals surface area contributed by atoms with E-state index in [4.69, 9.17) is 14.2 Å². The molecule has 0 saturated heterocycles. The summed E-state index contributed by atoms with van der Waals surface area (Å²) in [6.07, 6.45) is 0.903. The first kappa shape index (κ1) is 15.6. The number of anilines is 1. The van der Waals surface area contributed by atoms with Gasteiger partial charge in [0.1, 0.15) is 19.0 Å². The number of amides is 2. The van der Waals surface area contributed by atoms with Crippen LogP contribution in [0.15, 0.2) is 42.5 Å². The van der Waals surface area contributed by atoms with E-state index in [1.54, 1.807) is 18.2 Å². The highest BCUT2D eigenvalue weighted by Gasteiger charge is 2.20. The van der Waals surface area contributed by atoms with Gasteiger partial charge in [-0.2, -0.15) is 0 Å². The number of ether oxygens (including phenoxy) is 3. The standard InChI is InChI=1S/C19H20N2O4/c22-19(21-15-5-6-17-18(10-15)24-8-7-23-17)20-11-13-9-14-3-1-2-4-16(14)25-12-13/h1-6,10,13H,7-9,11-12H2,(H2,20,21,22). The number of hydrogen-bond donors (Lipinski definition) is 2. The second-order valence-corrected chi connectivity index (χ2v) is 6.18. The molecule has 2 aliphatic heterocycles. The molecule has 130 valence electrons. The molecular weight excluding hydrogens is 320 g/mol. The Kier molecular flexibility index (Phi) is 4.33. The lowest BCUT2D eigenvalue weighted by Gasteiger charge is -2.25. The zero-order chi connectivity index (χ0) is 17.1.